The van der Waals surface area contributed by atoms with Gasteiger partial charge in [0.2, 0.25) is 0 Å². The van der Waals surface area contributed by atoms with E-state index in [1.54, 1.807) is 25.2 Å². The van der Waals surface area contributed by atoms with Crippen molar-refractivity contribution in [3.63, 3.8) is 0 Å². The molecule has 4 rings (SSSR count). The SMILES string of the molecule is C=Nc1nc(Cl)c(N2CCN(C(C)C)CC2)cc1/C(=N\C)N[C@H](C)c1cccc(C(F)(F)C2CCN(C(C)C)CC2)c1. The van der Waals surface area contributed by atoms with E-state index in [4.69, 9.17) is 11.6 Å². The Morgan fingerprint density at radius 3 is 2.19 bits per heavy atom. The van der Waals surface area contributed by atoms with Gasteiger partial charge in [-0.3, -0.25) is 9.89 Å². The number of hydrogen-bond acceptors (Lipinski definition) is 6. The Kier molecular flexibility index (Phi) is 10.6. The zero-order valence-corrected chi connectivity index (χ0v) is 26.6. The molecule has 7 nitrogen and oxygen atoms in total. The molecule has 2 aromatic rings. The molecule has 2 saturated heterocycles. The van der Waals surface area contributed by atoms with E-state index in [0.717, 1.165) is 37.4 Å². The van der Waals surface area contributed by atoms with Crippen molar-refractivity contribution in [1.82, 2.24) is 20.1 Å². The molecule has 0 saturated carbocycles. The van der Waals surface area contributed by atoms with Gasteiger partial charge < -0.3 is 15.1 Å². The van der Waals surface area contributed by atoms with Crippen molar-refractivity contribution in [3.8, 4) is 0 Å². The molecule has 230 valence electrons. The van der Waals surface area contributed by atoms with E-state index in [-0.39, 0.29) is 11.6 Å². The molecule has 0 amide bonds. The summed E-state index contributed by atoms with van der Waals surface area (Å²) in [5.74, 6) is -2.64. The Labute approximate surface area is 255 Å². The Morgan fingerprint density at radius 1 is 1.00 bits per heavy atom. The zero-order valence-electron chi connectivity index (χ0n) is 25.9. The minimum Gasteiger partial charge on any atom is -0.366 e. The molecule has 1 atom stereocenters. The van der Waals surface area contributed by atoms with Gasteiger partial charge in [-0.25, -0.2) is 18.8 Å². The lowest BCUT2D eigenvalue weighted by molar-refractivity contribution is -0.0876. The van der Waals surface area contributed by atoms with Gasteiger partial charge in [0.25, 0.3) is 5.92 Å². The third kappa shape index (κ3) is 7.12. The minimum absolute atomic E-state index is 0.0658. The molecule has 1 N–H and O–H groups in total. The number of halogens is 3. The number of piperazine rings is 1. The van der Waals surface area contributed by atoms with E-state index in [9.17, 15) is 0 Å². The first-order chi connectivity index (χ1) is 20.0. The molecular weight excluding hydrogens is 556 g/mol. The fourth-order valence-electron chi connectivity index (χ4n) is 6.05. The van der Waals surface area contributed by atoms with Gasteiger partial charge in [-0.2, -0.15) is 0 Å². The number of aliphatic imine (C=N–C) groups is 2. The summed E-state index contributed by atoms with van der Waals surface area (Å²) in [6.07, 6.45) is 0.983. The lowest BCUT2D eigenvalue weighted by Crippen LogP contribution is -2.49. The van der Waals surface area contributed by atoms with Crippen LogP contribution in [-0.2, 0) is 5.92 Å². The van der Waals surface area contributed by atoms with Gasteiger partial charge in [0, 0.05) is 62.8 Å². The topological polar surface area (TPSA) is 59.4 Å². The first-order valence-electron chi connectivity index (χ1n) is 15.1. The van der Waals surface area contributed by atoms with Gasteiger partial charge in [-0.1, -0.05) is 29.8 Å². The van der Waals surface area contributed by atoms with Crippen molar-refractivity contribution in [2.45, 2.75) is 71.5 Å². The molecule has 42 heavy (non-hydrogen) atoms. The second-order valence-electron chi connectivity index (χ2n) is 12.0. The number of rotatable bonds is 9. The Morgan fingerprint density at radius 2 is 1.62 bits per heavy atom. The molecule has 0 bridgehead atoms. The normalized spacial score (nSPS) is 19.0. The molecule has 2 aliphatic heterocycles. The van der Waals surface area contributed by atoms with E-state index in [2.05, 4.69) is 69.4 Å². The largest absolute Gasteiger partial charge is 0.366 e. The minimum atomic E-state index is -2.89. The Balaban J connectivity index is 1.53. The lowest BCUT2D eigenvalue weighted by Gasteiger charge is -2.38. The number of amidine groups is 1. The lowest BCUT2D eigenvalue weighted by atomic mass is 9.85. The standard InChI is InChI=1S/C32H46ClF2N7/c1-21(2)40-13-11-25(12-14-40)32(34,35)26-10-8-9-24(19-26)23(5)38-30(36-6)27-20-28(29(33)39-31(27)37-7)42-17-15-41(16-18-42)22(3)4/h8-10,19-23,25H,7,11-18H2,1-6H3,(H,36,38)/t23-/m1/s1. The Bertz CT molecular complexity index is 1250. The van der Waals surface area contributed by atoms with Crippen molar-refractivity contribution >= 4 is 35.7 Å². The van der Waals surface area contributed by atoms with E-state index in [1.165, 1.54) is 0 Å². The van der Waals surface area contributed by atoms with E-state index in [1.807, 2.05) is 19.1 Å². The first kappa shape index (κ1) is 32.3. The highest BCUT2D eigenvalue weighted by molar-refractivity contribution is 6.32. The third-order valence-electron chi connectivity index (χ3n) is 8.85. The number of nitrogens with one attached hydrogen (secondary N) is 1. The number of alkyl halides is 2. The summed E-state index contributed by atoms with van der Waals surface area (Å²) < 4.78 is 31.4. The second kappa shape index (κ2) is 13.8. The average Bonchev–Trinajstić information content (AvgIpc) is 2.99. The molecule has 0 spiro atoms. The van der Waals surface area contributed by atoms with Gasteiger partial charge in [0.05, 0.1) is 11.3 Å². The fraction of sp³-hybridized carbons (Fsp3) is 0.594. The van der Waals surface area contributed by atoms with Gasteiger partial charge in [0.1, 0.15) is 5.84 Å². The summed E-state index contributed by atoms with van der Waals surface area (Å²) in [5.41, 5.74) is 2.32. The van der Waals surface area contributed by atoms with Crippen LogP contribution < -0.4 is 10.2 Å². The van der Waals surface area contributed by atoms with Crippen molar-refractivity contribution < 1.29 is 8.78 Å². The third-order valence-corrected chi connectivity index (χ3v) is 9.13. The second-order valence-corrected chi connectivity index (χ2v) is 12.4. The summed E-state index contributed by atoms with van der Waals surface area (Å²) in [6, 6.07) is 9.30. The van der Waals surface area contributed by atoms with Crippen LogP contribution in [0.2, 0.25) is 5.15 Å². The predicted octanol–water partition coefficient (Wildman–Crippen LogP) is 6.54. The van der Waals surface area contributed by atoms with Crippen molar-refractivity contribution in [1.29, 1.82) is 0 Å². The quantitative estimate of drug-likeness (QED) is 0.201. The number of pyridine rings is 1. The average molecular weight is 602 g/mol. The maximum Gasteiger partial charge on any atom is 0.276 e. The first-order valence-corrected chi connectivity index (χ1v) is 15.5. The predicted molar refractivity (Wildman–Crippen MR) is 171 cm³/mol. The number of piperidine rings is 1. The van der Waals surface area contributed by atoms with Crippen LogP contribution >= 0.6 is 11.6 Å². The zero-order chi connectivity index (χ0) is 30.6. The summed E-state index contributed by atoms with van der Waals surface area (Å²) >= 11 is 6.62. The monoisotopic (exact) mass is 601 g/mol. The van der Waals surface area contributed by atoms with E-state index < -0.39 is 11.8 Å². The molecule has 10 heteroatoms. The molecule has 1 aromatic heterocycles. The number of anilines is 1. The van der Waals surface area contributed by atoms with Crippen LogP contribution in [0.25, 0.3) is 0 Å². The molecule has 3 heterocycles. The van der Waals surface area contributed by atoms with Gasteiger partial charge in [0.15, 0.2) is 11.0 Å². The summed E-state index contributed by atoms with van der Waals surface area (Å²) in [7, 11) is 1.69. The highest BCUT2D eigenvalue weighted by atomic mass is 35.5. The van der Waals surface area contributed by atoms with Gasteiger partial charge >= 0.3 is 0 Å². The van der Waals surface area contributed by atoms with Crippen LogP contribution in [0.4, 0.5) is 20.3 Å². The number of likely N-dealkylation sites (tertiary alicyclic amines) is 1. The molecule has 1 aromatic carbocycles. The van der Waals surface area contributed by atoms with E-state index in [0.29, 0.717) is 60.4 Å². The highest BCUT2D eigenvalue weighted by Gasteiger charge is 2.43. The number of benzene rings is 1. The number of aromatic nitrogens is 1. The molecular formula is C32H46ClF2N7. The van der Waals surface area contributed by atoms with Crippen LogP contribution in [-0.4, -0.2) is 85.7 Å². The number of hydrogen-bond donors (Lipinski definition) is 1. The van der Waals surface area contributed by atoms with Crippen molar-refractivity contribution in [2.75, 3.05) is 51.2 Å². The number of nitrogens with zero attached hydrogens (tertiary/aromatic N) is 6. The van der Waals surface area contributed by atoms with Gasteiger partial charge in [-0.15, -0.1) is 0 Å². The molecule has 0 unspecified atom stereocenters. The fourth-order valence-corrected chi connectivity index (χ4v) is 6.30. The molecule has 2 fully saturated rings. The van der Waals surface area contributed by atoms with Crippen LogP contribution in [0.5, 0.6) is 0 Å². The van der Waals surface area contributed by atoms with Crippen LogP contribution in [0.1, 0.15) is 70.2 Å². The van der Waals surface area contributed by atoms with E-state index >= 15 is 8.78 Å². The summed E-state index contributed by atoms with van der Waals surface area (Å²) in [6.45, 7) is 19.2. The van der Waals surface area contributed by atoms with Crippen molar-refractivity contribution in [3.05, 3.63) is 52.2 Å². The molecule has 0 radical (unpaired) electrons. The van der Waals surface area contributed by atoms with Crippen LogP contribution in [0, 0.1) is 5.92 Å². The maximum absolute atomic E-state index is 15.7. The molecule has 0 aliphatic carbocycles. The summed E-state index contributed by atoms with van der Waals surface area (Å²) in [4.78, 5) is 20.1. The summed E-state index contributed by atoms with van der Waals surface area (Å²) in [5, 5.41) is 3.79. The van der Waals surface area contributed by atoms with Crippen molar-refractivity contribution in [2.24, 2.45) is 15.9 Å². The highest BCUT2D eigenvalue weighted by Crippen LogP contribution is 2.42. The van der Waals surface area contributed by atoms with Gasteiger partial charge in [-0.05, 0) is 85.0 Å². The maximum atomic E-state index is 15.7. The Hall–Kier alpha value is -2.62. The van der Waals surface area contributed by atoms with Crippen LogP contribution in [0.15, 0.2) is 40.3 Å². The van der Waals surface area contributed by atoms with Crippen LogP contribution in [0.3, 0.4) is 0 Å². The smallest absolute Gasteiger partial charge is 0.276 e. The molecule has 2 aliphatic rings.